The molecule has 2 aromatic carbocycles. The summed E-state index contributed by atoms with van der Waals surface area (Å²) in [5.41, 5.74) is 7.79. The first-order valence-corrected chi connectivity index (χ1v) is 13.7. The quantitative estimate of drug-likeness (QED) is 0.273. The van der Waals surface area contributed by atoms with Crippen molar-refractivity contribution >= 4 is 29.3 Å². The first-order valence-electron chi connectivity index (χ1n) is 13.3. The molecule has 0 aliphatic heterocycles. The number of nitrogens with zero attached hydrogens (tertiary/aromatic N) is 2. The monoisotopic (exact) mass is 498 g/mol. The zero-order valence-electron chi connectivity index (χ0n) is 22.2. The Hall–Kier alpha value is -2.14. The third-order valence-corrected chi connectivity index (χ3v) is 7.01. The van der Waals surface area contributed by atoms with Crippen LogP contribution in [0.25, 0.3) is 6.08 Å². The van der Waals surface area contributed by atoms with E-state index in [4.69, 9.17) is 11.6 Å². The van der Waals surface area contributed by atoms with Crippen LogP contribution in [0.3, 0.4) is 0 Å². The largest absolute Gasteiger partial charge is 0.332 e. The average molecular weight is 499 g/mol. The van der Waals surface area contributed by atoms with Gasteiger partial charge in [-0.2, -0.15) is 0 Å². The molecule has 0 aliphatic rings. The van der Waals surface area contributed by atoms with Crippen LogP contribution in [0.15, 0.2) is 54.1 Å². The lowest BCUT2D eigenvalue weighted by Crippen LogP contribution is -2.41. The summed E-state index contributed by atoms with van der Waals surface area (Å²) in [6.45, 7) is 12.6. The molecule has 5 heteroatoms. The number of unbranched alkanes of at least 4 members (excludes halogenated alkanes) is 2. The van der Waals surface area contributed by atoms with Crippen molar-refractivity contribution in [3.8, 4) is 0 Å². The van der Waals surface area contributed by atoms with Gasteiger partial charge in [0.1, 0.15) is 5.69 Å². The normalized spacial score (nSPS) is 12.7. The first kappa shape index (κ1) is 29.1. The van der Waals surface area contributed by atoms with Crippen molar-refractivity contribution < 1.29 is 10.5 Å². The summed E-state index contributed by atoms with van der Waals surface area (Å²) in [5.74, 6) is -0.000192. The number of benzene rings is 2. The minimum absolute atomic E-state index is 0.000192. The molecule has 1 unspecified atom stereocenters. The molecule has 0 saturated heterocycles. The van der Waals surface area contributed by atoms with Crippen molar-refractivity contribution in [3.63, 3.8) is 0 Å². The fourth-order valence-corrected chi connectivity index (χ4v) is 4.71. The molecule has 0 aliphatic carbocycles. The van der Waals surface area contributed by atoms with Crippen molar-refractivity contribution in [2.75, 3.05) is 26.2 Å². The Bertz CT molecular complexity index is 924. The summed E-state index contributed by atoms with van der Waals surface area (Å²) in [7, 11) is 0. The molecule has 192 valence electrons. The minimum Gasteiger partial charge on any atom is -0.332 e. The maximum atomic E-state index is 13.8. The van der Waals surface area contributed by atoms with Gasteiger partial charge >= 0.3 is 0 Å². The Morgan fingerprint density at radius 2 is 1.74 bits per heavy atom. The second kappa shape index (κ2) is 15.8. The lowest BCUT2D eigenvalue weighted by molar-refractivity contribution is -0.254. The van der Waals surface area contributed by atoms with E-state index < -0.39 is 0 Å². The number of halogens is 1. The highest BCUT2D eigenvalue weighted by molar-refractivity contribution is 6.34. The van der Waals surface area contributed by atoms with Gasteiger partial charge in [0, 0.05) is 18.7 Å². The topological polar surface area (TPSA) is 51.2 Å². The third kappa shape index (κ3) is 9.79. The van der Waals surface area contributed by atoms with E-state index in [1.165, 1.54) is 24.0 Å². The van der Waals surface area contributed by atoms with Crippen LogP contribution in [0.1, 0.15) is 82.1 Å². The van der Waals surface area contributed by atoms with Crippen LogP contribution in [-0.4, -0.2) is 47.9 Å². The summed E-state index contributed by atoms with van der Waals surface area (Å²) in [5, 5.41) is 0.474. The Balaban J connectivity index is 2.31. The molecular weight excluding hydrogens is 454 g/mol. The number of rotatable bonds is 15. The van der Waals surface area contributed by atoms with Crippen LogP contribution in [0.4, 0.5) is 5.69 Å². The zero-order chi connectivity index (χ0) is 25.6. The van der Waals surface area contributed by atoms with E-state index in [2.05, 4.69) is 68.7 Å². The summed E-state index contributed by atoms with van der Waals surface area (Å²) in [6.07, 6.45) is 8.77. The third-order valence-electron chi connectivity index (χ3n) is 6.69. The Morgan fingerprint density at radius 1 is 1.03 bits per heavy atom. The highest BCUT2D eigenvalue weighted by Crippen LogP contribution is 2.24. The van der Waals surface area contributed by atoms with Gasteiger partial charge in [0.15, 0.2) is 0 Å². The molecule has 0 saturated carbocycles. The fraction of sp³-hybridized carbons (Fsp3) is 0.500. The van der Waals surface area contributed by atoms with E-state index >= 15 is 0 Å². The predicted octanol–water partition coefficient (Wildman–Crippen LogP) is 6.83. The van der Waals surface area contributed by atoms with Crippen LogP contribution < -0.4 is 5.73 Å². The molecule has 2 aromatic rings. The number of amides is 1. The van der Waals surface area contributed by atoms with Gasteiger partial charge in [0.25, 0.3) is 5.91 Å². The van der Waals surface area contributed by atoms with Crippen LogP contribution in [0.5, 0.6) is 0 Å². The van der Waals surface area contributed by atoms with E-state index in [1.54, 1.807) is 6.07 Å². The van der Waals surface area contributed by atoms with Gasteiger partial charge in [-0.25, -0.2) is 0 Å². The van der Waals surface area contributed by atoms with Gasteiger partial charge in [0.2, 0.25) is 0 Å². The van der Waals surface area contributed by atoms with Crippen molar-refractivity contribution in [3.05, 3.63) is 70.3 Å². The maximum Gasteiger partial charge on any atom is 0.255 e. The second-order valence-corrected chi connectivity index (χ2v) is 9.84. The highest BCUT2D eigenvalue weighted by Gasteiger charge is 2.24. The Labute approximate surface area is 218 Å². The van der Waals surface area contributed by atoms with Crippen molar-refractivity contribution in [1.29, 1.82) is 0 Å². The number of quaternary nitrogens is 1. The molecule has 1 atom stereocenters. The summed E-state index contributed by atoms with van der Waals surface area (Å²) in [6, 6.07) is 16.0. The van der Waals surface area contributed by atoms with Crippen molar-refractivity contribution in [2.24, 2.45) is 0 Å². The molecule has 0 aromatic heterocycles. The first-order chi connectivity index (χ1) is 16.9. The molecular formula is C30H45ClN3O+. The minimum atomic E-state index is -0.000192. The van der Waals surface area contributed by atoms with Crippen LogP contribution in [0, 0.1) is 0 Å². The van der Waals surface area contributed by atoms with Gasteiger partial charge in [-0.3, -0.25) is 4.79 Å². The molecule has 35 heavy (non-hydrogen) atoms. The number of hydrogen-bond acceptors (Lipinski definition) is 2. The fourth-order valence-electron chi connectivity index (χ4n) is 4.42. The smallest absolute Gasteiger partial charge is 0.255 e. The van der Waals surface area contributed by atoms with E-state index in [-0.39, 0.29) is 11.9 Å². The standard InChI is InChI=1S/C30H44ClN3O/c1-5-8-10-17-26(21-25-15-11-9-12-16-25)23-34(24(4)14-13-20-33(6-2)7-3)30(35)28-19-18-27(32)22-29(28)31/h9,11-12,15-16,18-19,21-22,24H,5-8,10,13-14,17,20,23,32H2,1-4H3/p+1/b26-21+. The van der Waals surface area contributed by atoms with Crippen LogP contribution in [0.2, 0.25) is 5.02 Å². The summed E-state index contributed by atoms with van der Waals surface area (Å²) in [4.78, 5) is 18.3. The Kier molecular flexibility index (Phi) is 13.1. The highest BCUT2D eigenvalue weighted by atomic mass is 35.5. The second-order valence-electron chi connectivity index (χ2n) is 9.44. The number of carbonyl (C=O) groups is 1. The average Bonchev–Trinajstić information content (AvgIpc) is 2.85. The van der Waals surface area contributed by atoms with Crippen molar-refractivity contribution in [1.82, 2.24) is 9.80 Å². The van der Waals surface area contributed by atoms with Crippen molar-refractivity contribution in [2.45, 2.75) is 72.3 Å². The molecule has 4 nitrogen and oxygen atoms in total. The lowest BCUT2D eigenvalue weighted by atomic mass is 10.0. The zero-order valence-corrected chi connectivity index (χ0v) is 23.0. The van der Waals surface area contributed by atoms with Gasteiger partial charge in [-0.15, -0.1) is 0 Å². The predicted molar refractivity (Wildman–Crippen MR) is 150 cm³/mol. The van der Waals surface area contributed by atoms with E-state index in [9.17, 15) is 4.79 Å². The molecule has 1 amide bonds. The van der Waals surface area contributed by atoms with E-state index in [0.717, 1.165) is 51.0 Å². The van der Waals surface area contributed by atoms with Gasteiger partial charge in [-0.1, -0.05) is 87.2 Å². The molecule has 0 bridgehead atoms. The van der Waals surface area contributed by atoms with Crippen LogP contribution >= 0.6 is 11.6 Å². The van der Waals surface area contributed by atoms with Gasteiger partial charge in [0.05, 0.1) is 10.6 Å². The molecule has 0 radical (unpaired) electrons. The maximum absolute atomic E-state index is 13.8. The molecule has 0 heterocycles. The molecule has 3 N–H and O–H groups in total. The number of hydrogen-bond donors (Lipinski definition) is 1. The lowest BCUT2D eigenvalue weighted by Gasteiger charge is -2.31. The Morgan fingerprint density at radius 3 is 2.37 bits per heavy atom. The van der Waals surface area contributed by atoms with E-state index in [1.807, 2.05) is 23.1 Å². The van der Waals surface area contributed by atoms with E-state index in [0.29, 0.717) is 17.1 Å². The molecule has 0 spiro atoms. The molecule has 0 fully saturated rings. The SMILES string of the molecule is CCCCC/C(=C\c1ccccc1)CN(C(=O)c1ccc([NH3+])cc1Cl)C(C)CCCN(CC)CC. The summed E-state index contributed by atoms with van der Waals surface area (Å²) < 4.78 is 0. The molecule has 2 rings (SSSR count). The van der Waals surface area contributed by atoms with Gasteiger partial charge in [-0.05, 0) is 69.9 Å². The number of carbonyl (C=O) groups excluding carboxylic acids is 1. The summed E-state index contributed by atoms with van der Waals surface area (Å²) >= 11 is 6.52. The van der Waals surface area contributed by atoms with Crippen LogP contribution in [-0.2, 0) is 0 Å². The van der Waals surface area contributed by atoms with Gasteiger partial charge < -0.3 is 15.5 Å².